The third-order valence-corrected chi connectivity index (χ3v) is 4.09. The van der Waals surface area contributed by atoms with E-state index >= 15 is 0 Å². The fraction of sp³-hybridized carbons (Fsp3) is 0.615. The molecular formula is C13H21BrN6. The minimum absolute atomic E-state index is 0.677. The summed E-state index contributed by atoms with van der Waals surface area (Å²) in [6.07, 6.45) is 2.89. The van der Waals surface area contributed by atoms with Gasteiger partial charge in [0.2, 0.25) is 0 Å². The molecule has 0 aliphatic carbocycles. The first-order chi connectivity index (χ1) is 9.65. The van der Waals surface area contributed by atoms with Gasteiger partial charge in [0.15, 0.2) is 5.82 Å². The Kier molecular flexibility index (Phi) is 5.31. The predicted octanol–water partition coefficient (Wildman–Crippen LogP) is 2.11. The monoisotopic (exact) mass is 340 g/mol. The number of hydrogen-bond acceptors (Lipinski definition) is 4. The summed E-state index contributed by atoms with van der Waals surface area (Å²) >= 11 is 3.60. The molecule has 0 fully saturated rings. The van der Waals surface area contributed by atoms with Gasteiger partial charge < -0.3 is 5.32 Å². The van der Waals surface area contributed by atoms with Crippen molar-refractivity contribution >= 4 is 15.9 Å². The Morgan fingerprint density at radius 1 is 1.30 bits per heavy atom. The van der Waals surface area contributed by atoms with Crippen LogP contribution in [0.4, 0.5) is 0 Å². The van der Waals surface area contributed by atoms with Crippen LogP contribution in [0.5, 0.6) is 0 Å². The van der Waals surface area contributed by atoms with E-state index < -0.39 is 0 Å². The second kappa shape index (κ2) is 6.99. The first kappa shape index (κ1) is 15.2. The summed E-state index contributed by atoms with van der Waals surface area (Å²) < 4.78 is 4.91. The van der Waals surface area contributed by atoms with E-state index in [2.05, 4.69) is 50.3 Å². The van der Waals surface area contributed by atoms with E-state index in [0.29, 0.717) is 13.1 Å². The van der Waals surface area contributed by atoms with Crippen molar-refractivity contribution in [1.82, 2.24) is 29.9 Å². The highest BCUT2D eigenvalue weighted by Gasteiger charge is 2.13. The highest BCUT2D eigenvalue weighted by Crippen LogP contribution is 2.21. The zero-order valence-electron chi connectivity index (χ0n) is 12.2. The van der Waals surface area contributed by atoms with Crippen molar-refractivity contribution in [1.29, 1.82) is 0 Å². The molecule has 0 aliphatic heterocycles. The molecule has 2 aromatic rings. The van der Waals surface area contributed by atoms with Gasteiger partial charge in [-0.2, -0.15) is 10.2 Å². The minimum Gasteiger partial charge on any atom is -0.310 e. The Morgan fingerprint density at radius 3 is 2.80 bits per heavy atom. The van der Waals surface area contributed by atoms with Crippen LogP contribution in [-0.2, 0) is 19.6 Å². The van der Waals surface area contributed by atoms with Crippen molar-refractivity contribution in [2.75, 3.05) is 6.54 Å². The van der Waals surface area contributed by atoms with E-state index in [4.69, 9.17) is 0 Å². The SMILES string of the molecule is CCCNCc1ncn(Cc2c(Br)c(C)nn2CC)n1. The van der Waals surface area contributed by atoms with E-state index in [9.17, 15) is 0 Å². The summed E-state index contributed by atoms with van der Waals surface area (Å²) in [7, 11) is 0. The molecule has 0 unspecified atom stereocenters. The average molecular weight is 341 g/mol. The number of nitrogens with one attached hydrogen (secondary N) is 1. The molecule has 0 saturated heterocycles. The van der Waals surface area contributed by atoms with Crippen LogP contribution >= 0.6 is 15.9 Å². The lowest BCUT2D eigenvalue weighted by molar-refractivity contribution is 0.566. The molecule has 110 valence electrons. The summed E-state index contributed by atoms with van der Waals surface area (Å²) in [5.74, 6) is 0.828. The lowest BCUT2D eigenvalue weighted by Gasteiger charge is -2.05. The zero-order valence-corrected chi connectivity index (χ0v) is 13.8. The summed E-state index contributed by atoms with van der Waals surface area (Å²) in [6, 6.07) is 0. The van der Waals surface area contributed by atoms with Crippen molar-refractivity contribution in [3.63, 3.8) is 0 Å². The molecule has 0 amide bonds. The number of halogens is 1. The van der Waals surface area contributed by atoms with Crippen LogP contribution in [0.1, 0.15) is 37.5 Å². The number of rotatable bonds is 7. The molecule has 2 rings (SSSR count). The van der Waals surface area contributed by atoms with Crippen LogP contribution in [0.2, 0.25) is 0 Å². The predicted molar refractivity (Wildman–Crippen MR) is 81.5 cm³/mol. The van der Waals surface area contributed by atoms with Gasteiger partial charge in [-0.25, -0.2) is 9.67 Å². The third kappa shape index (κ3) is 3.46. The summed E-state index contributed by atoms with van der Waals surface area (Å²) in [4.78, 5) is 4.32. The summed E-state index contributed by atoms with van der Waals surface area (Å²) in [5, 5.41) is 12.3. The maximum atomic E-state index is 4.49. The van der Waals surface area contributed by atoms with Gasteiger partial charge in [0.25, 0.3) is 0 Å². The van der Waals surface area contributed by atoms with Crippen LogP contribution < -0.4 is 5.32 Å². The van der Waals surface area contributed by atoms with Crippen LogP contribution in [0.15, 0.2) is 10.8 Å². The first-order valence-electron chi connectivity index (χ1n) is 6.96. The van der Waals surface area contributed by atoms with Crippen molar-refractivity contribution in [3.8, 4) is 0 Å². The van der Waals surface area contributed by atoms with Crippen LogP contribution in [0.25, 0.3) is 0 Å². The molecule has 2 aromatic heterocycles. The largest absolute Gasteiger partial charge is 0.310 e. The Balaban J connectivity index is 2.07. The van der Waals surface area contributed by atoms with Gasteiger partial charge in [-0.1, -0.05) is 6.92 Å². The second-order valence-electron chi connectivity index (χ2n) is 4.70. The second-order valence-corrected chi connectivity index (χ2v) is 5.49. The molecule has 2 heterocycles. The molecule has 0 bridgehead atoms. The van der Waals surface area contributed by atoms with Gasteiger partial charge in [-0.05, 0) is 42.7 Å². The van der Waals surface area contributed by atoms with Gasteiger partial charge in [0.05, 0.1) is 29.0 Å². The fourth-order valence-corrected chi connectivity index (χ4v) is 2.45. The minimum atomic E-state index is 0.677. The van der Waals surface area contributed by atoms with E-state index in [1.807, 2.05) is 16.3 Å². The highest BCUT2D eigenvalue weighted by atomic mass is 79.9. The lowest BCUT2D eigenvalue weighted by atomic mass is 10.3. The van der Waals surface area contributed by atoms with Crippen LogP contribution in [-0.4, -0.2) is 31.1 Å². The topological polar surface area (TPSA) is 60.6 Å². The lowest BCUT2D eigenvalue weighted by Crippen LogP contribution is -2.15. The quantitative estimate of drug-likeness (QED) is 0.784. The van der Waals surface area contributed by atoms with Gasteiger partial charge in [-0.15, -0.1) is 0 Å². The summed E-state index contributed by atoms with van der Waals surface area (Å²) in [5.41, 5.74) is 2.13. The van der Waals surface area contributed by atoms with Crippen molar-refractivity contribution in [2.45, 2.75) is 46.8 Å². The number of aromatic nitrogens is 5. The maximum Gasteiger partial charge on any atom is 0.164 e. The molecule has 6 nitrogen and oxygen atoms in total. The zero-order chi connectivity index (χ0) is 14.5. The van der Waals surface area contributed by atoms with Crippen molar-refractivity contribution in [2.24, 2.45) is 0 Å². The van der Waals surface area contributed by atoms with Crippen LogP contribution in [0.3, 0.4) is 0 Å². The van der Waals surface area contributed by atoms with Gasteiger partial charge in [0.1, 0.15) is 6.33 Å². The number of hydrogen-bond donors (Lipinski definition) is 1. The average Bonchev–Trinajstić information content (AvgIpc) is 2.99. The smallest absolute Gasteiger partial charge is 0.164 e. The van der Waals surface area contributed by atoms with E-state index in [-0.39, 0.29) is 0 Å². The van der Waals surface area contributed by atoms with Gasteiger partial charge >= 0.3 is 0 Å². The molecule has 20 heavy (non-hydrogen) atoms. The molecule has 0 atom stereocenters. The number of nitrogens with zero attached hydrogens (tertiary/aromatic N) is 5. The summed E-state index contributed by atoms with van der Waals surface area (Å²) in [6.45, 7) is 9.46. The molecule has 0 aromatic carbocycles. The molecule has 0 radical (unpaired) electrons. The Labute approximate surface area is 127 Å². The Bertz CT molecular complexity index is 559. The maximum absolute atomic E-state index is 4.49. The van der Waals surface area contributed by atoms with Gasteiger partial charge in [-0.3, -0.25) is 4.68 Å². The molecule has 0 spiro atoms. The normalized spacial score (nSPS) is 11.2. The van der Waals surface area contributed by atoms with Crippen LogP contribution in [0, 0.1) is 6.92 Å². The molecular weight excluding hydrogens is 320 g/mol. The molecule has 7 heteroatoms. The van der Waals surface area contributed by atoms with E-state index in [0.717, 1.165) is 41.2 Å². The molecule has 0 aliphatic rings. The van der Waals surface area contributed by atoms with E-state index in [1.54, 1.807) is 6.33 Å². The van der Waals surface area contributed by atoms with Crippen molar-refractivity contribution < 1.29 is 0 Å². The molecule has 1 N–H and O–H groups in total. The first-order valence-corrected chi connectivity index (χ1v) is 7.75. The Morgan fingerprint density at radius 2 is 2.10 bits per heavy atom. The third-order valence-electron chi connectivity index (χ3n) is 3.06. The number of aryl methyl sites for hydroxylation is 2. The Hall–Kier alpha value is -1.21. The van der Waals surface area contributed by atoms with Crippen molar-refractivity contribution in [3.05, 3.63) is 28.0 Å². The van der Waals surface area contributed by atoms with E-state index in [1.165, 1.54) is 0 Å². The highest BCUT2D eigenvalue weighted by molar-refractivity contribution is 9.10. The standard InChI is InChI=1S/C13H21BrN6/c1-4-6-15-7-12-16-9-19(18-12)8-11-13(14)10(3)17-20(11)5-2/h9,15H,4-8H2,1-3H3. The van der Waals surface area contributed by atoms with Gasteiger partial charge in [0, 0.05) is 6.54 Å². The fourth-order valence-electron chi connectivity index (χ4n) is 2.04. The molecule has 0 saturated carbocycles.